The Balaban J connectivity index is 3.62. The summed E-state index contributed by atoms with van der Waals surface area (Å²) in [7, 11) is 0. The van der Waals surface area contributed by atoms with Gasteiger partial charge in [0.1, 0.15) is 0 Å². The van der Waals surface area contributed by atoms with Gasteiger partial charge >= 0.3 is 0 Å². The largest absolute Gasteiger partial charge is 0.190 e. The van der Waals surface area contributed by atoms with Crippen LogP contribution in [0.1, 0.15) is 19.8 Å². The van der Waals surface area contributed by atoms with Crippen LogP contribution in [0.3, 0.4) is 0 Å². The van der Waals surface area contributed by atoms with E-state index in [1.165, 1.54) is 5.57 Å². The highest BCUT2D eigenvalue weighted by atomic mass is 79.9. The lowest BCUT2D eigenvalue weighted by Gasteiger charge is -2.09. The number of hydrogen-bond donors (Lipinski definition) is 0. The molecule has 66 valence electrons. The van der Waals surface area contributed by atoms with E-state index in [-0.39, 0.29) is 0 Å². The highest BCUT2D eigenvalue weighted by Crippen LogP contribution is 2.32. The Morgan fingerprint density at radius 3 is 2.36 bits per heavy atom. The molecule has 0 N–H and O–H groups in total. The van der Waals surface area contributed by atoms with Gasteiger partial charge in [0.15, 0.2) is 3.79 Å². The molecule has 0 bridgehead atoms. The molecule has 0 aromatic rings. The van der Waals surface area contributed by atoms with Crippen molar-refractivity contribution >= 4 is 50.7 Å². The Hall–Kier alpha value is 1.09. The molecule has 0 nitrogen and oxygen atoms in total. The summed E-state index contributed by atoms with van der Waals surface area (Å²) >= 11 is 20.0. The molecular formula is C7H10BrCl3. The van der Waals surface area contributed by atoms with Crippen LogP contribution >= 0.6 is 50.7 Å². The van der Waals surface area contributed by atoms with E-state index in [9.17, 15) is 0 Å². The molecule has 0 amide bonds. The monoisotopic (exact) mass is 278 g/mol. The van der Waals surface area contributed by atoms with Crippen molar-refractivity contribution in [2.24, 2.45) is 0 Å². The third-order valence-corrected chi connectivity index (χ3v) is 2.12. The highest BCUT2D eigenvalue weighted by Gasteiger charge is 2.18. The van der Waals surface area contributed by atoms with Crippen LogP contribution in [0.25, 0.3) is 0 Å². The van der Waals surface area contributed by atoms with E-state index < -0.39 is 3.79 Å². The predicted octanol–water partition coefficient (Wildman–Crippen LogP) is 4.48. The molecule has 0 saturated carbocycles. The Morgan fingerprint density at radius 1 is 1.45 bits per heavy atom. The summed E-state index contributed by atoms with van der Waals surface area (Å²) in [5.41, 5.74) is 1.24. The topological polar surface area (TPSA) is 0 Å². The molecule has 0 saturated heterocycles. The molecule has 0 aliphatic heterocycles. The molecule has 0 aliphatic carbocycles. The third-order valence-electron chi connectivity index (χ3n) is 1.23. The van der Waals surface area contributed by atoms with E-state index in [0.717, 1.165) is 11.8 Å². The smallest absolute Gasteiger partial charge is 0.0883 e. The number of allylic oxidation sites excluding steroid dienone is 2. The molecule has 0 unspecified atom stereocenters. The van der Waals surface area contributed by atoms with E-state index in [1.54, 1.807) is 0 Å². The molecule has 0 aliphatic rings. The Bertz CT molecular complexity index is 137. The first-order valence-corrected chi connectivity index (χ1v) is 5.49. The van der Waals surface area contributed by atoms with E-state index in [2.05, 4.69) is 22.0 Å². The van der Waals surface area contributed by atoms with Crippen molar-refractivity contribution in [2.45, 2.75) is 23.6 Å². The zero-order chi connectivity index (χ0) is 8.91. The Morgan fingerprint density at radius 2 is 2.00 bits per heavy atom. The van der Waals surface area contributed by atoms with Gasteiger partial charge in [-0.25, -0.2) is 0 Å². The summed E-state index contributed by atoms with van der Waals surface area (Å²) in [4.78, 5) is 0. The second kappa shape index (κ2) is 5.69. The van der Waals surface area contributed by atoms with Gasteiger partial charge < -0.3 is 0 Å². The lowest BCUT2D eigenvalue weighted by Crippen LogP contribution is -2.01. The van der Waals surface area contributed by atoms with E-state index in [4.69, 9.17) is 34.8 Å². The minimum absolute atomic E-state index is 0.576. The summed E-state index contributed by atoms with van der Waals surface area (Å²) in [5, 5.41) is 0.860. The molecule has 0 spiro atoms. The lowest BCUT2D eigenvalue weighted by molar-refractivity contribution is 0.839. The lowest BCUT2D eigenvalue weighted by atomic mass is 10.2. The van der Waals surface area contributed by atoms with Crippen molar-refractivity contribution in [1.29, 1.82) is 0 Å². The standard InChI is InChI=1S/C7H10BrCl3/c1-6(3-5-8)2-4-7(9,10)11/h3H,2,4-5H2,1H3/b6-3+. The maximum Gasteiger partial charge on any atom is 0.190 e. The molecule has 0 aromatic heterocycles. The minimum Gasteiger partial charge on any atom is -0.0883 e. The fraction of sp³-hybridized carbons (Fsp3) is 0.714. The predicted molar refractivity (Wildman–Crippen MR) is 57.1 cm³/mol. The second-order valence-corrected chi connectivity index (χ2v) is 5.48. The maximum atomic E-state index is 5.57. The first-order valence-electron chi connectivity index (χ1n) is 3.24. The van der Waals surface area contributed by atoms with Gasteiger partial charge in [0.05, 0.1) is 0 Å². The fourth-order valence-corrected chi connectivity index (χ4v) is 1.41. The molecule has 4 heteroatoms. The van der Waals surface area contributed by atoms with Gasteiger partial charge in [-0.2, -0.15) is 0 Å². The molecule has 0 aromatic carbocycles. The molecule has 0 radical (unpaired) electrons. The van der Waals surface area contributed by atoms with Gasteiger partial charge in [0.25, 0.3) is 0 Å². The van der Waals surface area contributed by atoms with Crippen LogP contribution in [0.5, 0.6) is 0 Å². The van der Waals surface area contributed by atoms with Gasteiger partial charge in [0.2, 0.25) is 0 Å². The van der Waals surface area contributed by atoms with E-state index in [1.807, 2.05) is 6.92 Å². The summed E-state index contributed by atoms with van der Waals surface area (Å²) in [6.07, 6.45) is 3.48. The number of hydrogen-bond acceptors (Lipinski definition) is 0. The molecule has 0 heterocycles. The van der Waals surface area contributed by atoms with Crippen LogP contribution in [-0.4, -0.2) is 9.12 Å². The van der Waals surface area contributed by atoms with Gasteiger partial charge in [-0.3, -0.25) is 0 Å². The van der Waals surface area contributed by atoms with Crippen LogP contribution in [0.4, 0.5) is 0 Å². The number of rotatable bonds is 3. The zero-order valence-electron chi connectivity index (χ0n) is 6.21. The first kappa shape index (κ1) is 12.1. The van der Waals surface area contributed by atoms with Crippen LogP contribution in [0.2, 0.25) is 0 Å². The van der Waals surface area contributed by atoms with Crippen LogP contribution < -0.4 is 0 Å². The summed E-state index contributed by atoms with van der Waals surface area (Å²) in [6.45, 7) is 2.03. The summed E-state index contributed by atoms with van der Waals surface area (Å²) in [6, 6.07) is 0. The van der Waals surface area contributed by atoms with Crippen molar-refractivity contribution in [3.05, 3.63) is 11.6 Å². The van der Waals surface area contributed by atoms with Crippen LogP contribution in [0, 0.1) is 0 Å². The fourth-order valence-electron chi connectivity index (χ4n) is 0.573. The Labute approximate surface area is 91.0 Å². The highest BCUT2D eigenvalue weighted by molar-refractivity contribution is 9.09. The average molecular weight is 280 g/mol. The Kier molecular flexibility index (Phi) is 6.25. The van der Waals surface area contributed by atoms with E-state index >= 15 is 0 Å². The normalized spacial score (nSPS) is 13.7. The van der Waals surface area contributed by atoms with Crippen molar-refractivity contribution < 1.29 is 0 Å². The quantitative estimate of drug-likeness (QED) is 0.528. The zero-order valence-corrected chi connectivity index (χ0v) is 10.1. The minimum atomic E-state index is -1.11. The molecular weight excluding hydrogens is 270 g/mol. The molecule has 0 fully saturated rings. The number of halogens is 4. The molecule has 0 rings (SSSR count). The van der Waals surface area contributed by atoms with Crippen LogP contribution in [-0.2, 0) is 0 Å². The van der Waals surface area contributed by atoms with Gasteiger partial charge in [-0.1, -0.05) is 62.4 Å². The number of alkyl halides is 4. The SMILES string of the molecule is C/C(=C\CBr)CCC(Cl)(Cl)Cl. The van der Waals surface area contributed by atoms with Crippen molar-refractivity contribution in [3.8, 4) is 0 Å². The molecule has 11 heavy (non-hydrogen) atoms. The second-order valence-electron chi connectivity index (χ2n) is 2.32. The maximum absolute atomic E-state index is 5.57. The third kappa shape index (κ3) is 9.00. The van der Waals surface area contributed by atoms with Crippen molar-refractivity contribution in [2.75, 3.05) is 5.33 Å². The average Bonchev–Trinajstić information content (AvgIpc) is 1.83. The van der Waals surface area contributed by atoms with Crippen LogP contribution in [0.15, 0.2) is 11.6 Å². The molecule has 0 atom stereocenters. The van der Waals surface area contributed by atoms with Crippen molar-refractivity contribution in [1.82, 2.24) is 0 Å². The van der Waals surface area contributed by atoms with E-state index in [0.29, 0.717) is 6.42 Å². The van der Waals surface area contributed by atoms with Gasteiger partial charge in [-0.05, 0) is 19.8 Å². The summed E-state index contributed by atoms with van der Waals surface area (Å²) in [5.74, 6) is 0. The van der Waals surface area contributed by atoms with Gasteiger partial charge in [0, 0.05) is 5.33 Å². The summed E-state index contributed by atoms with van der Waals surface area (Å²) < 4.78 is -1.11. The first-order chi connectivity index (χ1) is 4.95. The van der Waals surface area contributed by atoms with Gasteiger partial charge in [-0.15, -0.1) is 0 Å². The van der Waals surface area contributed by atoms with Crippen molar-refractivity contribution in [3.63, 3.8) is 0 Å².